The molecule has 0 bridgehead atoms. The molecule has 0 aliphatic heterocycles. The number of hydrogen-bond donors (Lipinski definition) is 1. The summed E-state index contributed by atoms with van der Waals surface area (Å²) in [5.41, 5.74) is 3.67. The van der Waals surface area contributed by atoms with Gasteiger partial charge in [0, 0.05) is 17.3 Å². The highest BCUT2D eigenvalue weighted by Crippen LogP contribution is 2.20. The fourth-order valence-corrected chi connectivity index (χ4v) is 3.34. The zero-order chi connectivity index (χ0) is 16.5. The lowest BCUT2D eigenvalue weighted by Gasteiger charge is -2.06. The van der Waals surface area contributed by atoms with Gasteiger partial charge in [0.2, 0.25) is 5.91 Å². The molecule has 0 heterocycles. The first-order valence-corrected chi connectivity index (χ1v) is 9.32. The van der Waals surface area contributed by atoms with E-state index in [0.29, 0.717) is 5.75 Å². The normalized spacial score (nSPS) is 10.5. The Hall–Kier alpha value is -1.45. The van der Waals surface area contributed by atoms with Crippen LogP contribution < -0.4 is 5.32 Å². The second kappa shape index (κ2) is 9.64. The van der Waals surface area contributed by atoms with E-state index in [2.05, 4.69) is 36.5 Å². The topological polar surface area (TPSA) is 29.1 Å². The van der Waals surface area contributed by atoms with Crippen molar-refractivity contribution >= 4 is 29.3 Å². The summed E-state index contributed by atoms with van der Waals surface area (Å²) in [6, 6.07) is 16.3. The Bertz CT molecular complexity index is 628. The molecular weight excluding hydrogens is 326 g/mol. The lowest BCUT2D eigenvalue weighted by atomic mass is 10.1. The Labute approximate surface area is 147 Å². The summed E-state index contributed by atoms with van der Waals surface area (Å²) in [6.07, 6.45) is 1.96. The Morgan fingerprint density at radius 1 is 1.13 bits per heavy atom. The van der Waals surface area contributed by atoms with Crippen LogP contribution in [0.15, 0.2) is 48.5 Å². The van der Waals surface area contributed by atoms with E-state index in [1.807, 2.05) is 24.3 Å². The average molecular weight is 348 g/mol. The number of amides is 1. The predicted octanol–water partition coefficient (Wildman–Crippen LogP) is 4.63. The molecule has 122 valence electrons. The molecule has 0 fully saturated rings. The van der Waals surface area contributed by atoms with Crippen LogP contribution in [0.5, 0.6) is 0 Å². The molecule has 0 unspecified atom stereocenters. The quantitative estimate of drug-likeness (QED) is 0.705. The number of carbonyl (C=O) groups excluding carboxylic acids is 1. The zero-order valence-corrected chi connectivity index (χ0v) is 14.9. The highest BCUT2D eigenvalue weighted by Gasteiger charge is 2.03. The van der Waals surface area contributed by atoms with E-state index in [-0.39, 0.29) is 5.91 Å². The fraction of sp³-hybridized carbons (Fsp3) is 0.316. The number of hydrogen-bond acceptors (Lipinski definition) is 2. The van der Waals surface area contributed by atoms with E-state index >= 15 is 0 Å². The standard InChI is InChI=1S/C19H22ClNOS/c1-15-8-10-16(11-9-15)5-4-12-21-19(22)14-23-13-17-6-2-3-7-18(17)20/h2-3,6-11H,4-5,12-14H2,1H3,(H,21,22). The minimum atomic E-state index is 0.0889. The van der Waals surface area contributed by atoms with Crippen LogP contribution in [0.4, 0.5) is 0 Å². The summed E-state index contributed by atoms with van der Waals surface area (Å²) in [7, 11) is 0. The van der Waals surface area contributed by atoms with Gasteiger partial charge in [-0.3, -0.25) is 4.79 Å². The molecular formula is C19H22ClNOS. The van der Waals surface area contributed by atoms with Gasteiger partial charge in [0.1, 0.15) is 0 Å². The maximum absolute atomic E-state index is 11.8. The molecule has 0 radical (unpaired) electrons. The van der Waals surface area contributed by atoms with Crippen LogP contribution in [0, 0.1) is 6.92 Å². The van der Waals surface area contributed by atoms with Crippen molar-refractivity contribution in [3.63, 3.8) is 0 Å². The Morgan fingerprint density at radius 2 is 1.87 bits per heavy atom. The molecule has 1 N–H and O–H groups in total. The van der Waals surface area contributed by atoms with Gasteiger partial charge in [0.15, 0.2) is 0 Å². The van der Waals surface area contributed by atoms with Crippen LogP contribution in [0.2, 0.25) is 5.02 Å². The molecule has 4 heteroatoms. The molecule has 2 aromatic carbocycles. The van der Waals surface area contributed by atoms with Gasteiger partial charge in [0.25, 0.3) is 0 Å². The van der Waals surface area contributed by atoms with Crippen molar-refractivity contribution in [3.05, 3.63) is 70.2 Å². The van der Waals surface area contributed by atoms with Crippen molar-refractivity contribution < 1.29 is 4.79 Å². The second-order valence-corrected chi connectivity index (χ2v) is 6.92. The molecule has 1 amide bonds. The van der Waals surface area contributed by atoms with Crippen molar-refractivity contribution in [1.82, 2.24) is 5.32 Å². The van der Waals surface area contributed by atoms with Crippen LogP contribution in [-0.4, -0.2) is 18.2 Å². The lowest BCUT2D eigenvalue weighted by Crippen LogP contribution is -2.26. The van der Waals surface area contributed by atoms with Crippen LogP contribution in [0.25, 0.3) is 0 Å². The first-order chi connectivity index (χ1) is 11.1. The number of carbonyl (C=O) groups is 1. The van der Waals surface area contributed by atoms with Crippen molar-refractivity contribution in [2.75, 3.05) is 12.3 Å². The number of thioether (sulfide) groups is 1. The third-order valence-corrected chi connectivity index (χ3v) is 4.88. The fourth-order valence-electron chi connectivity index (χ4n) is 2.20. The van der Waals surface area contributed by atoms with Crippen LogP contribution in [0.3, 0.4) is 0 Å². The van der Waals surface area contributed by atoms with Crippen molar-refractivity contribution in [1.29, 1.82) is 0 Å². The van der Waals surface area contributed by atoms with E-state index in [4.69, 9.17) is 11.6 Å². The molecule has 2 rings (SSSR count). The van der Waals surface area contributed by atoms with Gasteiger partial charge in [0.05, 0.1) is 5.75 Å². The summed E-state index contributed by atoms with van der Waals surface area (Å²) >= 11 is 7.68. The molecule has 2 aromatic rings. The maximum atomic E-state index is 11.8. The third kappa shape index (κ3) is 6.67. The van der Waals surface area contributed by atoms with Crippen LogP contribution in [0.1, 0.15) is 23.1 Å². The average Bonchev–Trinajstić information content (AvgIpc) is 2.55. The number of rotatable bonds is 8. The van der Waals surface area contributed by atoms with Crippen LogP contribution in [-0.2, 0) is 17.0 Å². The van der Waals surface area contributed by atoms with Gasteiger partial charge in [-0.15, -0.1) is 11.8 Å². The summed E-state index contributed by atoms with van der Waals surface area (Å²) in [5, 5.41) is 3.73. The van der Waals surface area contributed by atoms with Gasteiger partial charge >= 0.3 is 0 Å². The van der Waals surface area contributed by atoms with E-state index in [1.165, 1.54) is 11.1 Å². The molecule has 2 nitrogen and oxygen atoms in total. The van der Waals surface area contributed by atoms with Gasteiger partial charge < -0.3 is 5.32 Å². The van der Waals surface area contributed by atoms with Gasteiger partial charge in [-0.05, 0) is 37.0 Å². The minimum Gasteiger partial charge on any atom is -0.355 e. The second-order valence-electron chi connectivity index (χ2n) is 5.52. The first-order valence-electron chi connectivity index (χ1n) is 7.78. The highest BCUT2D eigenvalue weighted by molar-refractivity contribution is 7.99. The van der Waals surface area contributed by atoms with E-state index in [9.17, 15) is 4.79 Å². The molecule has 0 aromatic heterocycles. The lowest BCUT2D eigenvalue weighted by molar-refractivity contribution is -0.118. The summed E-state index contributed by atoms with van der Waals surface area (Å²) in [4.78, 5) is 11.8. The monoisotopic (exact) mass is 347 g/mol. The summed E-state index contributed by atoms with van der Waals surface area (Å²) in [5.74, 6) is 1.32. The van der Waals surface area contributed by atoms with E-state index < -0.39 is 0 Å². The summed E-state index contributed by atoms with van der Waals surface area (Å²) < 4.78 is 0. The maximum Gasteiger partial charge on any atom is 0.230 e. The number of halogens is 1. The SMILES string of the molecule is Cc1ccc(CCCNC(=O)CSCc2ccccc2Cl)cc1. The van der Waals surface area contributed by atoms with Gasteiger partial charge in [-0.1, -0.05) is 59.6 Å². The smallest absolute Gasteiger partial charge is 0.230 e. The zero-order valence-electron chi connectivity index (χ0n) is 13.3. The third-order valence-electron chi connectivity index (χ3n) is 3.53. The van der Waals surface area contributed by atoms with Crippen molar-refractivity contribution in [2.24, 2.45) is 0 Å². The Morgan fingerprint density at radius 3 is 2.61 bits per heavy atom. The van der Waals surface area contributed by atoms with Gasteiger partial charge in [-0.25, -0.2) is 0 Å². The largest absolute Gasteiger partial charge is 0.355 e. The molecule has 0 saturated heterocycles. The number of nitrogens with one attached hydrogen (secondary N) is 1. The van der Waals surface area contributed by atoms with E-state index in [0.717, 1.165) is 35.7 Å². The van der Waals surface area contributed by atoms with Gasteiger partial charge in [-0.2, -0.15) is 0 Å². The minimum absolute atomic E-state index is 0.0889. The first kappa shape index (κ1) is 17.9. The molecule has 0 aliphatic carbocycles. The van der Waals surface area contributed by atoms with Crippen molar-refractivity contribution in [2.45, 2.75) is 25.5 Å². The molecule has 0 spiro atoms. The van der Waals surface area contributed by atoms with E-state index in [1.54, 1.807) is 11.8 Å². The highest BCUT2D eigenvalue weighted by atomic mass is 35.5. The molecule has 0 aliphatic rings. The molecule has 0 atom stereocenters. The van der Waals surface area contributed by atoms with Crippen molar-refractivity contribution in [3.8, 4) is 0 Å². The van der Waals surface area contributed by atoms with Crippen LogP contribution >= 0.6 is 23.4 Å². The number of benzene rings is 2. The summed E-state index contributed by atoms with van der Waals surface area (Å²) in [6.45, 7) is 2.81. The molecule has 23 heavy (non-hydrogen) atoms. The predicted molar refractivity (Wildman–Crippen MR) is 100 cm³/mol. The number of aryl methyl sites for hydroxylation is 2. The molecule has 0 saturated carbocycles. The Balaban J connectivity index is 1.58. The Kier molecular flexibility index (Phi) is 7.50.